The summed E-state index contributed by atoms with van der Waals surface area (Å²) in [5.41, 5.74) is 0.374. The minimum atomic E-state index is -0.742. The summed E-state index contributed by atoms with van der Waals surface area (Å²) in [6.07, 6.45) is 0. The van der Waals surface area contributed by atoms with Crippen molar-refractivity contribution in [3.05, 3.63) is 35.4 Å². The number of rotatable bonds is 6. The molecule has 0 aliphatic carbocycles. The van der Waals surface area contributed by atoms with E-state index < -0.39 is 11.9 Å². The molecule has 21 heavy (non-hydrogen) atoms. The Morgan fingerprint density at radius 3 is 2.05 bits per heavy atom. The van der Waals surface area contributed by atoms with Crippen molar-refractivity contribution in [3.63, 3.8) is 0 Å². The van der Waals surface area contributed by atoms with E-state index in [4.69, 9.17) is 14.2 Å². The summed E-state index contributed by atoms with van der Waals surface area (Å²) in [4.78, 5) is 24.0. The summed E-state index contributed by atoms with van der Waals surface area (Å²) >= 11 is 3.28. The maximum Gasteiger partial charge on any atom is 0.346 e. The van der Waals surface area contributed by atoms with Crippen molar-refractivity contribution in [2.24, 2.45) is 0 Å². The molecule has 0 aromatic heterocycles. The third kappa shape index (κ3) is 4.32. The number of para-hydroxylation sites is 1. The van der Waals surface area contributed by atoms with Gasteiger partial charge in [0.2, 0.25) is 0 Å². The number of hydrogen-bond donors (Lipinski definition) is 0. The first-order valence-corrected chi connectivity index (χ1v) is 7.23. The van der Waals surface area contributed by atoms with E-state index in [0.717, 1.165) is 0 Å². The number of benzene rings is 1. The van der Waals surface area contributed by atoms with Crippen molar-refractivity contribution in [1.82, 2.24) is 0 Å². The van der Waals surface area contributed by atoms with Crippen molar-refractivity contribution in [2.45, 2.75) is 13.8 Å². The van der Waals surface area contributed by atoms with Crippen molar-refractivity contribution in [2.75, 3.05) is 20.3 Å². The van der Waals surface area contributed by atoms with E-state index in [1.807, 2.05) is 0 Å². The summed E-state index contributed by atoms with van der Waals surface area (Å²) in [5.74, 6) is -0.960. The lowest BCUT2D eigenvalue weighted by Gasteiger charge is -2.12. The average Bonchev–Trinajstić information content (AvgIpc) is 2.47. The second-order valence-corrected chi connectivity index (χ2v) is 4.62. The molecule has 0 radical (unpaired) electrons. The van der Waals surface area contributed by atoms with Gasteiger partial charge in [0.25, 0.3) is 0 Å². The Morgan fingerprint density at radius 1 is 1.05 bits per heavy atom. The van der Waals surface area contributed by atoms with E-state index in [-0.39, 0.29) is 23.3 Å². The van der Waals surface area contributed by atoms with Gasteiger partial charge in [0, 0.05) is 5.56 Å². The third-order valence-corrected chi connectivity index (χ3v) is 3.35. The molecule has 0 bridgehead atoms. The number of ether oxygens (including phenoxy) is 3. The predicted molar refractivity (Wildman–Crippen MR) is 82.1 cm³/mol. The fourth-order valence-corrected chi connectivity index (χ4v) is 2.28. The molecule has 0 saturated heterocycles. The smallest absolute Gasteiger partial charge is 0.346 e. The third-order valence-electron chi connectivity index (χ3n) is 2.52. The van der Waals surface area contributed by atoms with Crippen LogP contribution >= 0.6 is 15.9 Å². The van der Waals surface area contributed by atoms with Crippen LogP contribution in [0.3, 0.4) is 0 Å². The van der Waals surface area contributed by atoms with Crippen LogP contribution in [0.1, 0.15) is 19.4 Å². The Morgan fingerprint density at radius 2 is 1.57 bits per heavy atom. The summed E-state index contributed by atoms with van der Waals surface area (Å²) in [5, 5.41) is 0. The molecule has 114 valence electrons. The number of esters is 2. The quantitative estimate of drug-likeness (QED) is 0.339. The maximum atomic E-state index is 12.0. The number of methoxy groups -OCH3 is 1. The number of carbonyl (C=O) groups excluding carboxylic acids is 2. The average molecular weight is 357 g/mol. The van der Waals surface area contributed by atoms with E-state index in [0.29, 0.717) is 11.3 Å². The standard InChI is InChI=1S/C15H17BrO5/c1-4-20-14(17)12(15(18)21-5-2)13(16)10-8-6-7-9-11(10)19-3/h6-9H,4-5H2,1-3H3. The van der Waals surface area contributed by atoms with Gasteiger partial charge >= 0.3 is 11.9 Å². The molecule has 0 spiro atoms. The minimum absolute atomic E-state index is 0.161. The largest absolute Gasteiger partial charge is 0.496 e. The maximum absolute atomic E-state index is 12.0. The number of halogens is 1. The van der Waals surface area contributed by atoms with Gasteiger partial charge in [-0.1, -0.05) is 18.2 Å². The highest BCUT2D eigenvalue weighted by atomic mass is 79.9. The second kappa shape index (κ2) is 8.46. The molecule has 5 nitrogen and oxygen atoms in total. The molecule has 0 atom stereocenters. The van der Waals surface area contributed by atoms with E-state index in [1.165, 1.54) is 7.11 Å². The fraction of sp³-hybridized carbons (Fsp3) is 0.333. The Hall–Kier alpha value is -1.82. The molecule has 1 aromatic rings. The summed E-state index contributed by atoms with van der Waals surface area (Å²) in [6.45, 7) is 3.65. The highest BCUT2D eigenvalue weighted by Crippen LogP contribution is 2.33. The highest BCUT2D eigenvalue weighted by molar-refractivity contribution is 9.15. The van der Waals surface area contributed by atoms with Gasteiger partial charge in [0.05, 0.1) is 24.8 Å². The zero-order valence-corrected chi connectivity index (χ0v) is 13.7. The van der Waals surface area contributed by atoms with Gasteiger partial charge in [-0.05, 0) is 35.8 Å². The van der Waals surface area contributed by atoms with Crippen LogP contribution in [-0.2, 0) is 19.1 Å². The van der Waals surface area contributed by atoms with E-state index in [9.17, 15) is 9.59 Å². The molecule has 0 amide bonds. The van der Waals surface area contributed by atoms with Crippen LogP contribution in [-0.4, -0.2) is 32.3 Å². The van der Waals surface area contributed by atoms with Crippen molar-refractivity contribution >= 4 is 32.4 Å². The Labute approximate surface area is 132 Å². The van der Waals surface area contributed by atoms with Crippen LogP contribution in [0.5, 0.6) is 5.75 Å². The van der Waals surface area contributed by atoms with E-state index >= 15 is 0 Å². The van der Waals surface area contributed by atoms with Gasteiger partial charge in [-0.25, -0.2) is 9.59 Å². The lowest BCUT2D eigenvalue weighted by molar-refractivity contribution is -0.146. The van der Waals surface area contributed by atoms with Gasteiger partial charge < -0.3 is 14.2 Å². The van der Waals surface area contributed by atoms with Crippen LogP contribution in [0.2, 0.25) is 0 Å². The van der Waals surface area contributed by atoms with Crippen molar-refractivity contribution < 1.29 is 23.8 Å². The first kappa shape index (κ1) is 17.2. The lowest BCUT2D eigenvalue weighted by Crippen LogP contribution is -2.19. The summed E-state index contributed by atoms with van der Waals surface area (Å²) in [7, 11) is 1.51. The molecule has 1 aromatic carbocycles. The first-order chi connectivity index (χ1) is 10.1. The normalized spacial score (nSPS) is 9.71. The monoisotopic (exact) mass is 356 g/mol. The van der Waals surface area contributed by atoms with E-state index in [1.54, 1.807) is 38.1 Å². The Bertz CT molecular complexity index is 531. The number of carbonyl (C=O) groups is 2. The van der Waals surface area contributed by atoms with Crippen LogP contribution in [0.15, 0.2) is 29.8 Å². The molecule has 0 N–H and O–H groups in total. The Kier molecular flexibility index (Phi) is 6.94. The van der Waals surface area contributed by atoms with Gasteiger partial charge in [-0.2, -0.15) is 0 Å². The molecule has 6 heteroatoms. The van der Waals surface area contributed by atoms with Crippen molar-refractivity contribution in [1.29, 1.82) is 0 Å². The fourth-order valence-electron chi connectivity index (χ4n) is 1.63. The molecule has 0 aliphatic rings. The van der Waals surface area contributed by atoms with E-state index in [2.05, 4.69) is 15.9 Å². The zero-order valence-electron chi connectivity index (χ0n) is 12.1. The van der Waals surface area contributed by atoms with Crippen LogP contribution in [0, 0.1) is 0 Å². The molecule has 0 heterocycles. The van der Waals surface area contributed by atoms with Gasteiger partial charge in [-0.15, -0.1) is 0 Å². The molecule has 0 unspecified atom stereocenters. The van der Waals surface area contributed by atoms with Gasteiger partial charge in [0.15, 0.2) is 5.57 Å². The number of hydrogen-bond acceptors (Lipinski definition) is 5. The first-order valence-electron chi connectivity index (χ1n) is 6.44. The van der Waals surface area contributed by atoms with Crippen LogP contribution < -0.4 is 4.74 Å². The molecular formula is C15H17BrO5. The molecule has 0 saturated carbocycles. The summed E-state index contributed by atoms with van der Waals surface area (Å²) < 4.78 is 15.3. The molecule has 1 rings (SSSR count). The summed E-state index contributed by atoms with van der Waals surface area (Å²) in [6, 6.07) is 7.01. The van der Waals surface area contributed by atoms with Gasteiger partial charge in [0.1, 0.15) is 5.75 Å². The predicted octanol–water partition coefficient (Wildman–Crippen LogP) is 2.93. The van der Waals surface area contributed by atoms with Crippen LogP contribution in [0.4, 0.5) is 0 Å². The lowest BCUT2D eigenvalue weighted by atomic mass is 10.1. The second-order valence-electron chi connectivity index (χ2n) is 3.83. The van der Waals surface area contributed by atoms with Crippen molar-refractivity contribution in [3.8, 4) is 5.75 Å². The zero-order chi connectivity index (χ0) is 15.8. The van der Waals surface area contributed by atoms with Crippen LogP contribution in [0.25, 0.3) is 4.48 Å². The van der Waals surface area contributed by atoms with Gasteiger partial charge in [-0.3, -0.25) is 0 Å². The highest BCUT2D eigenvalue weighted by Gasteiger charge is 2.26. The minimum Gasteiger partial charge on any atom is -0.496 e. The molecule has 0 aliphatic heterocycles. The Balaban J connectivity index is 3.38. The topological polar surface area (TPSA) is 61.8 Å². The SMILES string of the molecule is CCOC(=O)C(C(=O)OCC)=C(Br)c1ccccc1OC. The molecule has 0 fully saturated rings. The molecular weight excluding hydrogens is 340 g/mol.